The molecule has 4 fully saturated rings. The van der Waals surface area contributed by atoms with Gasteiger partial charge in [0.25, 0.3) is 21.6 Å². The number of sulfonamides is 1. The number of pyridine rings is 1. The number of nitrogens with zero attached hydrogens (tertiary/aromatic N) is 4. The normalized spacial score (nSPS) is 22.3. The van der Waals surface area contributed by atoms with Crippen molar-refractivity contribution >= 4 is 44.0 Å². The van der Waals surface area contributed by atoms with E-state index in [0.29, 0.717) is 36.7 Å². The van der Waals surface area contributed by atoms with E-state index in [1.54, 1.807) is 12.1 Å². The molecule has 3 atom stereocenters. The van der Waals surface area contributed by atoms with Crippen LogP contribution in [0.4, 0.5) is 21.5 Å². The van der Waals surface area contributed by atoms with Crippen LogP contribution in [0.25, 0.3) is 11.0 Å². The molecular weight excluding hydrogens is 854 g/mol. The molecule has 1 spiro atoms. The Balaban J connectivity index is 0.869. The van der Waals surface area contributed by atoms with E-state index in [1.807, 2.05) is 0 Å². The third-order valence-corrected chi connectivity index (χ3v) is 15.8. The average Bonchev–Trinajstić information content (AvgIpc) is 3.94. The van der Waals surface area contributed by atoms with Crippen molar-refractivity contribution in [3.05, 3.63) is 106 Å². The fourth-order valence-electron chi connectivity index (χ4n) is 11.0. The van der Waals surface area contributed by atoms with Crippen LogP contribution in [-0.2, 0) is 14.8 Å². The molecular formula is C48H54FN7O8S. The number of likely N-dealkylation sites (tertiary alicyclic amines) is 1. The number of carbonyl (C=O) groups is 1. The highest BCUT2D eigenvalue weighted by molar-refractivity contribution is 7.90. The van der Waals surface area contributed by atoms with E-state index in [9.17, 15) is 27.7 Å². The summed E-state index contributed by atoms with van der Waals surface area (Å²) in [5.41, 5.74) is 3.77. The van der Waals surface area contributed by atoms with Gasteiger partial charge in [-0.1, -0.05) is 44.5 Å². The number of piperidine rings is 1. The molecule has 3 aromatic carbocycles. The molecule has 0 radical (unpaired) electrons. The van der Waals surface area contributed by atoms with Gasteiger partial charge in [-0.15, -0.1) is 0 Å². The molecule has 5 aliphatic rings. The number of hydrogen-bond acceptors (Lipinski definition) is 12. The van der Waals surface area contributed by atoms with Crippen molar-refractivity contribution in [3.8, 4) is 17.2 Å². The average molecular weight is 908 g/mol. The van der Waals surface area contributed by atoms with Crippen LogP contribution in [0.1, 0.15) is 92.1 Å². The maximum absolute atomic E-state index is 14.6. The second-order valence-electron chi connectivity index (χ2n) is 18.8. The molecule has 65 heavy (non-hydrogen) atoms. The number of H-pyrrole nitrogens is 1. The molecule has 3 saturated heterocycles. The first-order valence-electron chi connectivity index (χ1n) is 22.7. The zero-order valence-electron chi connectivity index (χ0n) is 36.6. The Morgan fingerprint density at radius 3 is 2.60 bits per heavy atom. The second kappa shape index (κ2) is 17.2. The SMILES string of the molecule is CC(C)c1ccccc1[C@@H]1CCC[C@@H]1N1CC2(CCN(c3ccc(C(=O)NS(=O)(=O)c4cc5c(c([N+](=O)[O-])c4)N[C@@H](C4CCOCC4)CO5)c(Oc4cnc5[nH]cc(F)c5c4)c3)CC2)C1. The van der Waals surface area contributed by atoms with E-state index < -0.39 is 37.3 Å². The summed E-state index contributed by atoms with van der Waals surface area (Å²) in [6.45, 7) is 9.61. The van der Waals surface area contributed by atoms with Gasteiger partial charge in [-0.2, -0.15) is 0 Å². The van der Waals surface area contributed by atoms with Crippen molar-refractivity contribution in [2.45, 2.75) is 87.6 Å². The van der Waals surface area contributed by atoms with Gasteiger partial charge in [0.1, 0.15) is 29.6 Å². The van der Waals surface area contributed by atoms with Crippen molar-refractivity contribution in [3.63, 3.8) is 0 Å². The van der Waals surface area contributed by atoms with E-state index in [0.717, 1.165) is 63.6 Å². The summed E-state index contributed by atoms with van der Waals surface area (Å²) in [5, 5.41) is 15.7. The monoisotopic (exact) mass is 907 g/mol. The summed E-state index contributed by atoms with van der Waals surface area (Å²) < 4.78 is 62.2. The zero-order valence-corrected chi connectivity index (χ0v) is 37.4. The van der Waals surface area contributed by atoms with E-state index in [2.05, 4.69) is 67.9 Å². The second-order valence-corrected chi connectivity index (χ2v) is 20.5. The number of benzene rings is 3. The van der Waals surface area contributed by atoms with Gasteiger partial charge in [0.15, 0.2) is 11.4 Å². The molecule has 0 unspecified atom stereocenters. The summed E-state index contributed by atoms with van der Waals surface area (Å²) in [4.78, 5) is 37.2. The molecule has 15 nitrogen and oxygen atoms in total. The molecule has 1 saturated carbocycles. The number of nitrogens with one attached hydrogen (secondary N) is 3. The number of carbonyl (C=O) groups excluding carboxylic acids is 1. The van der Waals surface area contributed by atoms with Crippen LogP contribution < -0.4 is 24.4 Å². The Hall–Kier alpha value is -5.78. The summed E-state index contributed by atoms with van der Waals surface area (Å²) in [6, 6.07) is 17.8. The number of hydrogen-bond donors (Lipinski definition) is 3. The van der Waals surface area contributed by atoms with E-state index in [4.69, 9.17) is 14.2 Å². The molecule has 1 aliphatic carbocycles. The minimum atomic E-state index is -4.69. The van der Waals surface area contributed by atoms with Gasteiger partial charge in [0.2, 0.25) is 0 Å². The number of aromatic amines is 1. The number of amides is 1. The molecule has 6 heterocycles. The predicted octanol–water partition coefficient (Wildman–Crippen LogP) is 8.48. The van der Waals surface area contributed by atoms with Gasteiger partial charge >= 0.3 is 0 Å². The Morgan fingerprint density at radius 2 is 1.83 bits per heavy atom. The zero-order chi connectivity index (χ0) is 45.0. The van der Waals surface area contributed by atoms with Gasteiger partial charge in [-0.25, -0.2) is 22.5 Å². The molecule has 342 valence electrons. The fraction of sp³-hybridized carbons (Fsp3) is 0.458. The predicted molar refractivity (Wildman–Crippen MR) is 243 cm³/mol. The van der Waals surface area contributed by atoms with Gasteiger partial charge in [-0.05, 0) is 91.0 Å². The molecule has 4 aliphatic heterocycles. The van der Waals surface area contributed by atoms with Crippen molar-refractivity contribution in [1.29, 1.82) is 0 Å². The Labute approximate surface area is 377 Å². The largest absolute Gasteiger partial charge is 0.489 e. The fourth-order valence-corrected chi connectivity index (χ4v) is 12.0. The minimum absolute atomic E-state index is 0.00310. The lowest BCUT2D eigenvalue weighted by atomic mass is 9.70. The van der Waals surface area contributed by atoms with E-state index in [1.165, 1.54) is 61.0 Å². The van der Waals surface area contributed by atoms with E-state index in [-0.39, 0.29) is 57.9 Å². The van der Waals surface area contributed by atoms with Crippen LogP contribution >= 0.6 is 0 Å². The van der Waals surface area contributed by atoms with Gasteiger partial charge in [0.05, 0.1) is 33.0 Å². The number of nitro groups is 1. The highest BCUT2D eigenvalue weighted by Gasteiger charge is 2.49. The number of fused-ring (bicyclic) bond motifs is 2. The van der Waals surface area contributed by atoms with Crippen LogP contribution in [0.2, 0.25) is 0 Å². The molecule has 17 heteroatoms. The number of ether oxygens (including phenoxy) is 3. The standard InChI is InChI=1S/C48H54FN7O8S/c1-29(2)34-6-3-4-7-35(34)36-8-5-9-41(36)55-27-48(28-55)14-16-54(17-15-48)31-10-11-37(43(20-31)64-32-21-38-39(49)25-51-46(38)50-24-32)47(57)53-65(60,61)33-22-42(56(58)59)45-44(23-33)63-26-40(52-45)30-12-18-62-19-13-30/h3-4,6-7,10-11,20-25,29-30,36,40-41,52H,5,8-9,12-19,26-28H2,1-2H3,(H,50,51)(H,53,57)/t36-,40+,41-/m0/s1. The van der Waals surface area contributed by atoms with Crippen LogP contribution in [0.3, 0.4) is 0 Å². The van der Waals surface area contributed by atoms with Crippen LogP contribution in [-0.4, -0.2) is 92.2 Å². The number of aromatic nitrogens is 2. The molecule has 5 aromatic rings. The van der Waals surface area contributed by atoms with Gasteiger partial charge < -0.3 is 29.4 Å². The highest BCUT2D eigenvalue weighted by atomic mass is 32.2. The smallest absolute Gasteiger partial charge is 0.297 e. The van der Waals surface area contributed by atoms with Crippen LogP contribution in [0, 0.1) is 27.3 Å². The van der Waals surface area contributed by atoms with Crippen molar-refractivity contribution < 1.29 is 36.7 Å². The highest BCUT2D eigenvalue weighted by Crippen LogP contribution is 2.49. The lowest BCUT2D eigenvalue weighted by Gasteiger charge is -2.57. The van der Waals surface area contributed by atoms with Gasteiger partial charge in [0, 0.05) is 75.5 Å². The third kappa shape index (κ3) is 8.38. The Kier molecular flexibility index (Phi) is 11.4. The molecule has 10 rings (SSSR count). The summed E-state index contributed by atoms with van der Waals surface area (Å²) in [6.07, 6.45) is 9.78. The quantitative estimate of drug-likeness (QED) is 0.0851. The summed E-state index contributed by atoms with van der Waals surface area (Å²) in [7, 11) is -4.69. The number of anilines is 2. The number of halogens is 1. The lowest BCUT2D eigenvalue weighted by molar-refractivity contribution is -0.384. The number of rotatable bonds is 11. The van der Waals surface area contributed by atoms with Crippen molar-refractivity contribution in [2.75, 3.05) is 56.2 Å². The lowest BCUT2D eigenvalue weighted by Crippen LogP contribution is -2.63. The molecule has 3 N–H and O–H groups in total. The third-order valence-electron chi connectivity index (χ3n) is 14.5. The summed E-state index contributed by atoms with van der Waals surface area (Å²) in [5.74, 6) is -0.202. The first kappa shape index (κ1) is 43.1. The first-order chi connectivity index (χ1) is 31.3. The summed E-state index contributed by atoms with van der Waals surface area (Å²) >= 11 is 0. The van der Waals surface area contributed by atoms with E-state index >= 15 is 0 Å². The Bertz CT molecular complexity index is 2740. The molecule has 1 amide bonds. The maximum Gasteiger partial charge on any atom is 0.297 e. The van der Waals surface area contributed by atoms with Crippen LogP contribution in [0.5, 0.6) is 17.2 Å². The van der Waals surface area contributed by atoms with Gasteiger partial charge in [-0.3, -0.25) is 19.8 Å². The van der Waals surface area contributed by atoms with Crippen molar-refractivity contribution in [1.82, 2.24) is 19.6 Å². The number of nitro benzene ring substituents is 1. The Morgan fingerprint density at radius 1 is 1.05 bits per heavy atom. The molecule has 2 aromatic heterocycles. The molecule has 0 bridgehead atoms. The maximum atomic E-state index is 14.6. The topological polar surface area (TPSA) is 181 Å². The first-order valence-corrected chi connectivity index (χ1v) is 24.2. The van der Waals surface area contributed by atoms with Crippen molar-refractivity contribution in [2.24, 2.45) is 11.3 Å². The minimum Gasteiger partial charge on any atom is -0.489 e. The van der Waals surface area contributed by atoms with Crippen LogP contribution in [0.15, 0.2) is 78.0 Å².